The minimum absolute atomic E-state index is 0.167. The van der Waals surface area contributed by atoms with Gasteiger partial charge in [0.2, 0.25) is 0 Å². The van der Waals surface area contributed by atoms with Gasteiger partial charge in [0.25, 0.3) is 0 Å². The lowest BCUT2D eigenvalue weighted by molar-refractivity contribution is 0.0653. The van der Waals surface area contributed by atoms with Gasteiger partial charge >= 0.3 is 0 Å². The predicted molar refractivity (Wildman–Crippen MR) is 75.2 cm³/mol. The molecule has 0 saturated carbocycles. The molecule has 2 heterocycles. The number of alkyl halides is 1. The summed E-state index contributed by atoms with van der Waals surface area (Å²) < 4.78 is 5.39. The summed E-state index contributed by atoms with van der Waals surface area (Å²) in [5.74, 6) is 0.580. The highest BCUT2D eigenvalue weighted by Crippen LogP contribution is 2.40. The van der Waals surface area contributed by atoms with Crippen molar-refractivity contribution in [2.24, 2.45) is 5.92 Å². The molecule has 0 aromatic carbocycles. The lowest BCUT2D eigenvalue weighted by Gasteiger charge is -2.25. The molecule has 1 fully saturated rings. The highest BCUT2D eigenvalue weighted by Gasteiger charge is 2.26. The van der Waals surface area contributed by atoms with Crippen LogP contribution in [0.25, 0.3) is 0 Å². The maximum atomic E-state index is 6.60. The summed E-state index contributed by atoms with van der Waals surface area (Å²) in [5.41, 5.74) is 0.231. The van der Waals surface area contributed by atoms with Gasteiger partial charge in [0.15, 0.2) is 0 Å². The van der Waals surface area contributed by atoms with Gasteiger partial charge in [-0.1, -0.05) is 20.8 Å². The molecule has 96 valence electrons. The lowest BCUT2D eigenvalue weighted by atomic mass is 9.94. The Bertz CT molecular complexity index is 361. The van der Waals surface area contributed by atoms with Crippen LogP contribution in [0.1, 0.15) is 48.7 Å². The highest BCUT2D eigenvalue weighted by molar-refractivity contribution is 7.12. The van der Waals surface area contributed by atoms with E-state index in [2.05, 4.69) is 32.9 Å². The van der Waals surface area contributed by atoms with Gasteiger partial charge in [0, 0.05) is 23.0 Å². The van der Waals surface area contributed by atoms with E-state index in [0.717, 1.165) is 26.1 Å². The van der Waals surface area contributed by atoms with Crippen molar-refractivity contribution in [3.63, 3.8) is 0 Å². The van der Waals surface area contributed by atoms with Crippen molar-refractivity contribution >= 4 is 22.9 Å². The summed E-state index contributed by atoms with van der Waals surface area (Å²) in [7, 11) is 0. The number of rotatable bonds is 2. The normalized spacial score (nSPS) is 20.5. The monoisotopic (exact) mass is 272 g/mol. The summed E-state index contributed by atoms with van der Waals surface area (Å²) in [6.45, 7) is 8.48. The second-order valence-electron chi connectivity index (χ2n) is 5.80. The Hall–Kier alpha value is -0.0500. The summed E-state index contributed by atoms with van der Waals surface area (Å²) >= 11 is 8.47. The summed E-state index contributed by atoms with van der Waals surface area (Å²) in [6, 6.07) is 4.44. The first-order valence-corrected chi connectivity index (χ1v) is 7.56. The van der Waals surface area contributed by atoms with Crippen molar-refractivity contribution in [2.45, 2.75) is 44.4 Å². The fraction of sp³-hybridized carbons (Fsp3) is 0.714. The lowest BCUT2D eigenvalue weighted by Crippen LogP contribution is -2.19. The highest BCUT2D eigenvalue weighted by atomic mass is 35.5. The minimum atomic E-state index is 0.167. The Labute approximate surface area is 113 Å². The zero-order chi connectivity index (χ0) is 12.5. The maximum Gasteiger partial charge on any atom is 0.0708 e. The smallest absolute Gasteiger partial charge is 0.0708 e. The van der Waals surface area contributed by atoms with Crippen LogP contribution in [0, 0.1) is 5.92 Å². The van der Waals surface area contributed by atoms with Crippen LogP contribution in [-0.2, 0) is 10.2 Å². The first-order valence-electron chi connectivity index (χ1n) is 6.30. The van der Waals surface area contributed by atoms with E-state index in [1.165, 1.54) is 9.75 Å². The zero-order valence-corrected chi connectivity index (χ0v) is 12.4. The second kappa shape index (κ2) is 5.29. The van der Waals surface area contributed by atoms with Crippen molar-refractivity contribution in [3.05, 3.63) is 21.9 Å². The number of hydrogen-bond acceptors (Lipinski definition) is 2. The van der Waals surface area contributed by atoms with Crippen LogP contribution in [0.15, 0.2) is 12.1 Å². The van der Waals surface area contributed by atoms with Gasteiger partial charge < -0.3 is 4.74 Å². The third-order valence-electron chi connectivity index (χ3n) is 3.32. The van der Waals surface area contributed by atoms with Gasteiger partial charge in [-0.25, -0.2) is 0 Å². The van der Waals surface area contributed by atoms with Crippen molar-refractivity contribution in [1.29, 1.82) is 0 Å². The van der Waals surface area contributed by atoms with Crippen LogP contribution in [0.5, 0.6) is 0 Å². The molecular weight excluding hydrogens is 252 g/mol. The number of thiophene rings is 1. The fourth-order valence-electron chi connectivity index (χ4n) is 2.14. The van der Waals surface area contributed by atoms with E-state index in [0.29, 0.717) is 5.92 Å². The largest absolute Gasteiger partial charge is 0.381 e. The Morgan fingerprint density at radius 1 is 1.29 bits per heavy atom. The molecule has 0 aliphatic carbocycles. The molecule has 17 heavy (non-hydrogen) atoms. The van der Waals surface area contributed by atoms with E-state index in [9.17, 15) is 0 Å². The molecule has 0 bridgehead atoms. The SMILES string of the molecule is CC(C)(C)c1ccc(C(Cl)C2CCOCC2)s1. The molecule has 1 aromatic rings. The number of ether oxygens (including phenoxy) is 1. The molecule has 1 unspecified atom stereocenters. The Morgan fingerprint density at radius 3 is 2.47 bits per heavy atom. The van der Waals surface area contributed by atoms with Gasteiger partial charge in [-0.05, 0) is 36.3 Å². The molecular formula is C14H21ClOS. The predicted octanol–water partition coefficient (Wildman–Crippen LogP) is 4.75. The molecule has 1 aromatic heterocycles. The van der Waals surface area contributed by atoms with Gasteiger partial charge in [0.05, 0.1) is 5.38 Å². The Balaban J connectivity index is 2.08. The topological polar surface area (TPSA) is 9.23 Å². The van der Waals surface area contributed by atoms with E-state index >= 15 is 0 Å². The van der Waals surface area contributed by atoms with E-state index in [-0.39, 0.29) is 10.8 Å². The van der Waals surface area contributed by atoms with E-state index < -0.39 is 0 Å². The van der Waals surface area contributed by atoms with Crippen LogP contribution in [-0.4, -0.2) is 13.2 Å². The maximum absolute atomic E-state index is 6.60. The first-order chi connectivity index (χ1) is 7.98. The minimum Gasteiger partial charge on any atom is -0.381 e. The van der Waals surface area contributed by atoms with Crippen LogP contribution in [0.4, 0.5) is 0 Å². The quantitative estimate of drug-likeness (QED) is 0.706. The average molecular weight is 273 g/mol. The van der Waals surface area contributed by atoms with E-state index in [1.807, 2.05) is 11.3 Å². The molecule has 1 nitrogen and oxygen atoms in total. The molecule has 0 radical (unpaired) electrons. The van der Waals surface area contributed by atoms with Gasteiger partial charge in [-0.2, -0.15) is 0 Å². The Morgan fingerprint density at radius 2 is 1.94 bits per heavy atom. The molecule has 1 atom stereocenters. The van der Waals surface area contributed by atoms with Gasteiger partial charge in [0.1, 0.15) is 0 Å². The van der Waals surface area contributed by atoms with Crippen molar-refractivity contribution < 1.29 is 4.74 Å². The number of hydrogen-bond donors (Lipinski definition) is 0. The van der Waals surface area contributed by atoms with Crippen LogP contribution >= 0.6 is 22.9 Å². The van der Waals surface area contributed by atoms with Gasteiger partial charge in [-0.3, -0.25) is 0 Å². The number of halogens is 1. The molecule has 3 heteroatoms. The van der Waals surface area contributed by atoms with Crippen LogP contribution < -0.4 is 0 Å². The summed E-state index contributed by atoms with van der Waals surface area (Å²) in [4.78, 5) is 2.74. The van der Waals surface area contributed by atoms with E-state index in [1.54, 1.807) is 0 Å². The molecule has 2 rings (SSSR count). The molecule has 1 aliphatic rings. The summed E-state index contributed by atoms with van der Waals surface area (Å²) in [6.07, 6.45) is 2.19. The van der Waals surface area contributed by atoms with Crippen molar-refractivity contribution in [2.75, 3.05) is 13.2 Å². The Kier molecular flexibility index (Phi) is 4.17. The molecule has 0 spiro atoms. The standard InChI is InChI=1S/C14H21ClOS/c1-14(2,3)12-5-4-11(17-12)13(15)10-6-8-16-9-7-10/h4-5,10,13H,6-9H2,1-3H3. The van der Waals surface area contributed by atoms with Crippen LogP contribution in [0.2, 0.25) is 0 Å². The van der Waals surface area contributed by atoms with E-state index in [4.69, 9.17) is 16.3 Å². The zero-order valence-electron chi connectivity index (χ0n) is 10.8. The van der Waals surface area contributed by atoms with Crippen molar-refractivity contribution in [1.82, 2.24) is 0 Å². The molecule has 0 N–H and O–H groups in total. The third-order valence-corrected chi connectivity index (χ3v) is 5.63. The van der Waals surface area contributed by atoms with Crippen LogP contribution in [0.3, 0.4) is 0 Å². The molecule has 1 saturated heterocycles. The average Bonchev–Trinajstić information content (AvgIpc) is 2.78. The van der Waals surface area contributed by atoms with Gasteiger partial charge in [-0.15, -0.1) is 22.9 Å². The first kappa shape index (κ1) is 13.4. The fourth-order valence-corrected chi connectivity index (χ4v) is 3.74. The molecule has 1 aliphatic heterocycles. The van der Waals surface area contributed by atoms with Crippen molar-refractivity contribution in [3.8, 4) is 0 Å². The second-order valence-corrected chi connectivity index (χ2v) is 7.39. The molecule has 0 amide bonds. The summed E-state index contributed by atoms with van der Waals surface area (Å²) in [5, 5.41) is 0.167. The third kappa shape index (κ3) is 3.24.